The number of aryl methyl sites for hydroxylation is 1. The van der Waals surface area contributed by atoms with Crippen molar-refractivity contribution in [2.45, 2.75) is 19.3 Å². The second kappa shape index (κ2) is 11.1. The average molecular weight is 314 g/mol. The third-order valence-electron chi connectivity index (χ3n) is 3.10. The molecule has 1 aromatic carbocycles. The summed E-state index contributed by atoms with van der Waals surface area (Å²) in [6.45, 7) is 0.628. The van der Waals surface area contributed by atoms with Crippen molar-refractivity contribution in [2.75, 3.05) is 26.7 Å². The van der Waals surface area contributed by atoms with Gasteiger partial charge in [-0.1, -0.05) is 30.3 Å². The number of hydrogen-bond acceptors (Lipinski definition) is 3. The van der Waals surface area contributed by atoms with Crippen molar-refractivity contribution in [1.82, 2.24) is 10.2 Å². The van der Waals surface area contributed by atoms with Crippen LogP contribution in [0.15, 0.2) is 30.3 Å². The van der Waals surface area contributed by atoms with Crippen LogP contribution in [0.25, 0.3) is 0 Å². The Morgan fingerprint density at radius 3 is 2.48 bits per heavy atom. The molecule has 0 aliphatic carbocycles. The number of carbonyl (C=O) groups excluding carboxylic acids is 2. The molecule has 0 bridgehead atoms. The zero-order chi connectivity index (χ0) is 14.8. The number of benzene rings is 1. The van der Waals surface area contributed by atoms with Crippen molar-refractivity contribution in [2.24, 2.45) is 5.73 Å². The largest absolute Gasteiger partial charge is 0.346 e. The van der Waals surface area contributed by atoms with Gasteiger partial charge in [-0.2, -0.15) is 0 Å². The number of likely N-dealkylation sites (N-methyl/N-ethyl adjacent to an activating group) is 1. The van der Waals surface area contributed by atoms with Crippen LogP contribution in [0, 0.1) is 0 Å². The van der Waals surface area contributed by atoms with Gasteiger partial charge in [-0.3, -0.25) is 9.59 Å². The highest BCUT2D eigenvalue weighted by Crippen LogP contribution is 2.04. The molecule has 0 saturated carbocycles. The zero-order valence-electron chi connectivity index (χ0n) is 12.4. The Bertz CT molecular complexity index is 426. The van der Waals surface area contributed by atoms with Gasteiger partial charge in [-0.15, -0.1) is 12.4 Å². The van der Waals surface area contributed by atoms with E-state index in [2.05, 4.69) is 17.4 Å². The molecule has 118 valence electrons. The predicted octanol–water partition coefficient (Wildman–Crippen LogP) is 0.964. The first-order chi connectivity index (χ1) is 9.63. The van der Waals surface area contributed by atoms with Gasteiger partial charge in [0.15, 0.2) is 0 Å². The number of nitrogens with two attached hydrogens (primary N) is 1. The standard InChI is InChI=1S/C15H23N3O2.ClH/c1-18(15(20)12-17-14(19)11-16)10-6-5-9-13-7-3-2-4-8-13;/h2-4,7-8H,5-6,9-12,16H2,1H3,(H,17,19);1H. The van der Waals surface area contributed by atoms with Gasteiger partial charge >= 0.3 is 0 Å². The fraction of sp³-hybridized carbons (Fsp3) is 0.467. The molecular weight excluding hydrogens is 290 g/mol. The van der Waals surface area contributed by atoms with Crippen LogP contribution < -0.4 is 11.1 Å². The molecule has 6 heteroatoms. The minimum Gasteiger partial charge on any atom is -0.346 e. The van der Waals surface area contributed by atoms with E-state index in [1.165, 1.54) is 5.56 Å². The molecule has 0 unspecified atom stereocenters. The van der Waals surface area contributed by atoms with E-state index in [-0.39, 0.29) is 37.3 Å². The predicted molar refractivity (Wildman–Crippen MR) is 86.3 cm³/mol. The smallest absolute Gasteiger partial charge is 0.241 e. The van der Waals surface area contributed by atoms with E-state index in [0.29, 0.717) is 6.54 Å². The van der Waals surface area contributed by atoms with Crippen LogP contribution in [0.4, 0.5) is 0 Å². The van der Waals surface area contributed by atoms with Crippen LogP contribution in [0.5, 0.6) is 0 Å². The van der Waals surface area contributed by atoms with Crippen molar-refractivity contribution < 1.29 is 9.59 Å². The molecule has 1 aromatic rings. The summed E-state index contributed by atoms with van der Waals surface area (Å²) in [6.07, 6.45) is 3.01. The first-order valence-electron chi connectivity index (χ1n) is 6.88. The second-order valence-corrected chi connectivity index (χ2v) is 4.74. The van der Waals surface area contributed by atoms with Gasteiger partial charge in [-0.05, 0) is 24.8 Å². The third-order valence-corrected chi connectivity index (χ3v) is 3.10. The summed E-state index contributed by atoms with van der Waals surface area (Å²) in [6, 6.07) is 10.3. The molecule has 2 amide bonds. The van der Waals surface area contributed by atoms with Gasteiger partial charge in [0.1, 0.15) is 0 Å². The molecule has 0 saturated heterocycles. The Labute approximate surface area is 132 Å². The summed E-state index contributed by atoms with van der Waals surface area (Å²) in [5.74, 6) is -0.401. The lowest BCUT2D eigenvalue weighted by Gasteiger charge is -2.17. The molecule has 0 aliphatic heterocycles. The van der Waals surface area contributed by atoms with Crippen LogP contribution in [0.2, 0.25) is 0 Å². The van der Waals surface area contributed by atoms with E-state index < -0.39 is 0 Å². The lowest BCUT2D eigenvalue weighted by molar-refractivity contribution is -0.131. The molecule has 0 heterocycles. The Balaban J connectivity index is 0.00000400. The summed E-state index contributed by atoms with van der Waals surface area (Å²) in [5.41, 5.74) is 6.47. The molecule has 1 rings (SSSR count). The first-order valence-corrected chi connectivity index (χ1v) is 6.88. The summed E-state index contributed by atoms with van der Waals surface area (Å²) in [4.78, 5) is 24.3. The molecule has 0 spiro atoms. The number of amides is 2. The molecule has 0 radical (unpaired) electrons. The number of nitrogens with one attached hydrogen (secondary N) is 1. The summed E-state index contributed by atoms with van der Waals surface area (Å²) < 4.78 is 0. The molecule has 21 heavy (non-hydrogen) atoms. The quantitative estimate of drug-likeness (QED) is 0.702. The minimum absolute atomic E-state index is 0. The summed E-state index contributed by atoms with van der Waals surface area (Å²) in [7, 11) is 1.75. The van der Waals surface area contributed by atoms with Crippen LogP contribution in [-0.2, 0) is 16.0 Å². The van der Waals surface area contributed by atoms with Gasteiger partial charge < -0.3 is 16.0 Å². The number of nitrogens with zero attached hydrogens (tertiary/aromatic N) is 1. The Morgan fingerprint density at radius 2 is 1.86 bits per heavy atom. The van der Waals surface area contributed by atoms with Crippen molar-refractivity contribution in [3.05, 3.63) is 35.9 Å². The number of carbonyl (C=O) groups is 2. The maximum atomic E-state index is 11.7. The highest BCUT2D eigenvalue weighted by molar-refractivity contribution is 5.85. The van der Waals surface area contributed by atoms with Crippen molar-refractivity contribution in [1.29, 1.82) is 0 Å². The highest BCUT2D eigenvalue weighted by Gasteiger charge is 2.09. The van der Waals surface area contributed by atoms with Gasteiger partial charge in [0.25, 0.3) is 0 Å². The van der Waals surface area contributed by atoms with Crippen LogP contribution in [0.1, 0.15) is 18.4 Å². The number of hydrogen-bond donors (Lipinski definition) is 2. The molecule has 0 atom stereocenters. The second-order valence-electron chi connectivity index (χ2n) is 4.74. The van der Waals surface area contributed by atoms with E-state index >= 15 is 0 Å². The van der Waals surface area contributed by atoms with Gasteiger partial charge in [0, 0.05) is 13.6 Å². The Hall–Kier alpha value is -1.59. The van der Waals surface area contributed by atoms with E-state index in [4.69, 9.17) is 5.73 Å². The van der Waals surface area contributed by atoms with E-state index in [9.17, 15) is 9.59 Å². The number of halogens is 1. The maximum Gasteiger partial charge on any atom is 0.241 e. The van der Waals surface area contributed by atoms with Crippen molar-refractivity contribution >= 4 is 24.2 Å². The van der Waals surface area contributed by atoms with Crippen LogP contribution in [-0.4, -0.2) is 43.4 Å². The van der Waals surface area contributed by atoms with Gasteiger partial charge in [0.2, 0.25) is 11.8 Å². The molecule has 0 aromatic heterocycles. The third kappa shape index (κ3) is 8.32. The summed E-state index contributed by atoms with van der Waals surface area (Å²) >= 11 is 0. The van der Waals surface area contributed by atoms with Gasteiger partial charge in [-0.25, -0.2) is 0 Å². The van der Waals surface area contributed by atoms with Crippen molar-refractivity contribution in [3.8, 4) is 0 Å². The van der Waals surface area contributed by atoms with E-state index in [1.807, 2.05) is 18.2 Å². The molecule has 0 aliphatic rings. The fourth-order valence-electron chi connectivity index (χ4n) is 1.83. The molecule has 5 nitrogen and oxygen atoms in total. The lowest BCUT2D eigenvalue weighted by atomic mass is 10.1. The zero-order valence-corrected chi connectivity index (χ0v) is 13.2. The van der Waals surface area contributed by atoms with Crippen LogP contribution >= 0.6 is 12.4 Å². The van der Waals surface area contributed by atoms with E-state index in [1.54, 1.807) is 11.9 Å². The van der Waals surface area contributed by atoms with Crippen LogP contribution in [0.3, 0.4) is 0 Å². The normalized spacial score (nSPS) is 9.62. The first kappa shape index (κ1) is 19.4. The number of unbranched alkanes of at least 4 members (excludes halogenated alkanes) is 1. The molecular formula is C15H24ClN3O2. The summed E-state index contributed by atoms with van der Waals surface area (Å²) in [5, 5.41) is 2.47. The monoisotopic (exact) mass is 313 g/mol. The topological polar surface area (TPSA) is 75.4 Å². The highest BCUT2D eigenvalue weighted by atomic mass is 35.5. The van der Waals surface area contributed by atoms with Gasteiger partial charge in [0.05, 0.1) is 13.1 Å². The SMILES string of the molecule is CN(CCCCc1ccccc1)C(=O)CNC(=O)CN.Cl. The lowest BCUT2D eigenvalue weighted by Crippen LogP contribution is -2.40. The van der Waals surface area contributed by atoms with E-state index in [0.717, 1.165) is 19.3 Å². The Kier molecular flexibility index (Phi) is 10.3. The minimum atomic E-state index is -0.309. The molecule has 0 fully saturated rings. The average Bonchev–Trinajstić information content (AvgIpc) is 2.49. The van der Waals surface area contributed by atoms with Crippen molar-refractivity contribution in [3.63, 3.8) is 0 Å². The number of rotatable bonds is 8. The Morgan fingerprint density at radius 1 is 1.19 bits per heavy atom. The fourth-order valence-corrected chi connectivity index (χ4v) is 1.83. The maximum absolute atomic E-state index is 11.7. The molecule has 3 N–H and O–H groups in total.